The summed E-state index contributed by atoms with van der Waals surface area (Å²) < 4.78 is 9.78. The molecule has 0 aromatic carbocycles. The first-order valence-electron chi connectivity index (χ1n) is 3.22. The normalized spacial score (nSPS) is 21.3. The molecule has 0 saturated carbocycles. The van der Waals surface area contributed by atoms with E-state index >= 15 is 0 Å². The molecule has 10 heavy (non-hydrogen) atoms. The van der Waals surface area contributed by atoms with Crippen molar-refractivity contribution < 1.29 is 14.0 Å². The van der Waals surface area contributed by atoms with Gasteiger partial charge in [0.2, 0.25) is 0 Å². The molecule has 1 heterocycles. The highest BCUT2D eigenvalue weighted by molar-refractivity contribution is 5.98. The molecule has 1 aliphatic heterocycles. The van der Waals surface area contributed by atoms with Gasteiger partial charge in [0.05, 0.1) is 6.54 Å². The molecule has 0 aromatic heterocycles. The fraction of sp³-hybridized carbons (Fsp3) is 0.800. The topological polar surface area (TPSA) is 38.8 Å². The molecular formula is C5H11NO3Si. The van der Waals surface area contributed by atoms with Gasteiger partial charge in [-0.25, -0.2) is 4.79 Å². The molecule has 58 valence electrons. The predicted octanol–water partition coefficient (Wildman–Crippen LogP) is -0.918. The van der Waals surface area contributed by atoms with E-state index in [9.17, 15) is 4.79 Å². The van der Waals surface area contributed by atoms with Crippen LogP contribution in [-0.4, -0.2) is 40.9 Å². The smallest absolute Gasteiger partial charge is 0.411 e. The Labute approximate surface area is 62.6 Å². The second kappa shape index (κ2) is 3.02. The monoisotopic (exact) mass is 161 g/mol. The number of hydrogen-bond donors (Lipinski definition) is 0. The van der Waals surface area contributed by atoms with Gasteiger partial charge in [-0.3, -0.25) is 4.90 Å². The Balaban J connectivity index is 2.46. The second-order valence-corrected chi connectivity index (χ2v) is 2.61. The zero-order valence-electron chi connectivity index (χ0n) is 6.16. The fourth-order valence-electron chi connectivity index (χ4n) is 0.863. The summed E-state index contributed by atoms with van der Waals surface area (Å²) in [5.74, 6) is 0. The Kier molecular flexibility index (Phi) is 2.28. The fourth-order valence-corrected chi connectivity index (χ4v) is 1.12. The SMILES string of the molecule is CC(O[SiH3])N1CCOC1=O. The lowest BCUT2D eigenvalue weighted by atomic mass is 10.5. The van der Waals surface area contributed by atoms with Crippen LogP contribution in [0, 0.1) is 0 Å². The van der Waals surface area contributed by atoms with Crippen LogP contribution in [0.2, 0.25) is 0 Å². The summed E-state index contributed by atoms with van der Waals surface area (Å²) in [6.45, 7) is 3.00. The van der Waals surface area contributed by atoms with Gasteiger partial charge in [0.1, 0.15) is 23.3 Å². The van der Waals surface area contributed by atoms with Crippen LogP contribution < -0.4 is 0 Å². The van der Waals surface area contributed by atoms with E-state index in [1.54, 1.807) is 4.90 Å². The summed E-state index contributed by atoms with van der Waals surface area (Å²) >= 11 is 0. The van der Waals surface area contributed by atoms with Gasteiger partial charge in [-0.15, -0.1) is 0 Å². The molecule has 0 aromatic rings. The van der Waals surface area contributed by atoms with Crippen molar-refractivity contribution in [2.45, 2.75) is 13.2 Å². The van der Waals surface area contributed by atoms with E-state index in [-0.39, 0.29) is 12.3 Å². The van der Waals surface area contributed by atoms with Crippen molar-refractivity contribution in [1.82, 2.24) is 4.90 Å². The van der Waals surface area contributed by atoms with Crippen LogP contribution in [0.1, 0.15) is 6.92 Å². The lowest BCUT2D eigenvalue weighted by Gasteiger charge is -2.19. The maximum absolute atomic E-state index is 10.8. The molecule has 5 heteroatoms. The second-order valence-electron chi connectivity index (χ2n) is 2.14. The van der Waals surface area contributed by atoms with Crippen LogP contribution in [0.4, 0.5) is 4.79 Å². The summed E-state index contributed by atoms with van der Waals surface area (Å²) in [6, 6.07) is 0. The van der Waals surface area contributed by atoms with Gasteiger partial charge >= 0.3 is 6.09 Å². The van der Waals surface area contributed by atoms with Gasteiger partial charge < -0.3 is 9.16 Å². The van der Waals surface area contributed by atoms with E-state index in [4.69, 9.17) is 9.16 Å². The molecule has 1 rings (SSSR count). The van der Waals surface area contributed by atoms with Crippen molar-refractivity contribution in [3.8, 4) is 0 Å². The average Bonchev–Trinajstić information content (AvgIpc) is 2.34. The van der Waals surface area contributed by atoms with E-state index < -0.39 is 0 Å². The number of carbonyl (C=O) groups excluding carboxylic acids is 1. The van der Waals surface area contributed by atoms with Gasteiger partial charge in [-0.1, -0.05) is 0 Å². The summed E-state index contributed by atoms with van der Waals surface area (Å²) in [6.07, 6.45) is -0.370. The molecule has 0 aliphatic carbocycles. The highest BCUT2D eigenvalue weighted by atomic mass is 28.2. The summed E-state index contributed by atoms with van der Waals surface area (Å²) in [4.78, 5) is 12.4. The third-order valence-electron chi connectivity index (χ3n) is 1.57. The van der Waals surface area contributed by atoms with E-state index in [1.807, 2.05) is 6.92 Å². The summed E-state index contributed by atoms with van der Waals surface area (Å²) in [5, 5.41) is 0. The third kappa shape index (κ3) is 1.30. The van der Waals surface area contributed by atoms with Crippen molar-refractivity contribution >= 4 is 16.6 Å². The van der Waals surface area contributed by atoms with Crippen molar-refractivity contribution in [2.24, 2.45) is 0 Å². The van der Waals surface area contributed by atoms with Gasteiger partial charge in [-0.2, -0.15) is 0 Å². The predicted molar refractivity (Wildman–Crippen MR) is 38.5 cm³/mol. The van der Waals surface area contributed by atoms with E-state index in [1.165, 1.54) is 0 Å². The number of rotatable bonds is 2. The maximum atomic E-state index is 10.8. The standard InChI is InChI=1S/C5H11NO3Si/c1-4(9-10)6-2-3-8-5(6)7/h4H,2-3H2,1,10H3. The Morgan fingerprint density at radius 3 is 3.00 bits per heavy atom. The number of carbonyl (C=O) groups is 1. The number of hydrogen-bond acceptors (Lipinski definition) is 3. The number of amides is 1. The van der Waals surface area contributed by atoms with Crippen LogP contribution in [0.15, 0.2) is 0 Å². The van der Waals surface area contributed by atoms with Crippen LogP contribution in [-0.2, 0) is 9.16 Å². The lowest BCUT2D eigenvalue weighted by Crippen LogP contribution is -2.35. The number of nitrogens with zero attached hydrogens (tertiary/aromatic N) is 1. The van der Waals surface area contributed by atoms with Crippen LogP contribution >= 0.6 is 0 Å². The van der Waals surface area contributed by atoms with Crippen molar-refractivity contribution in [3.05, 3.63) is 0 Å². The number of cyclic esters (lactones) is 1. The first-order chi connectivity index (χ1) is 4.75. The zero-order chi connectivity index (χ0) is 7.56. The van der Waals surface area contributed by atoms with E-state index in [0.717, 1.165) is 0 Å². The van der Waals surface area contributed by atoms with Crippen LogP contribution in [0.5, 0.6) is 0 Å². The van der Waals surface area contributed by atoms with E-state index in [0.29, 0.717) is 23.6 Å². The Bertz CT molecular complexity index is 141. The largest absolute Gasteiger partial charge is 0.447 e. The third-order valence-corrected chi connectivity index (χ3v) is 2.25. The molecule has 0 radical (unpaired) electrons. The minimum Gasteiger partial charge on any atom is -0.447 e. The minimum atomic E-state index is -0.261. The highest BCUT2D eigenvalue weighted by Crippen LogP contribution is 2.07. The van der Waals surface area contributed by atoms with Crippen molar-refractivity contribution in [1.29, 1.82) is 0 Å². The van der Waals surface area contributed by atoms with Crippen molar-refractivity contribution in [2.75, 3.05) is 13.2 Å². The zero-order valence-corrected chi connectivity index (χ0v) is 8.16. The number of ether oxygens (including phenoxy) is 1. The van der Waals surface area contributed by atoms with Gasteiger partial charge in [0.15, 0.2) is 0 Å². The van der Waals surface area contributed by atoms with Crippen LogP contribution in [0.25, 0.3) is 0 Å². The molecular weight excluding hydrogens is 150 g/mol. The molecule has 0 spiro atoms. The maximum Gasteiger partial charge on any atom is 0.411 e. The molecule has 1 amide bonds. The van der Waals surface area contributed by atoms with Gasteiger partial charge in [-0.05, 0) is 6.92 Å². The molecule has 1 unspecified atom stereocenters. The molecule has 1 fully saturated rings. The Hall–Kier alpha value is -0.553. The molecule has 0 N–H and O–H groups in total. The highest BCUT2D eigenvalue weighted by Gasteiger charge is 2.25. The van der Waals surface area contributed by atoms with Gasteiger partial charge in [0.25, 0.3) is 0 Å². The molecule has 0 bridgehead atoms. The Morgan fingerprint density at radius 1 is 1.90 bits per heavy atom. The summed E-state index contributed by atoms with van der Waals surface area (Å²) in [5.41, 5.74) is 0. The Morgan fingerprint density at radius 2 is 2.60 bits per heavy atom. The van der Waals surface area contributed by atoms with Crippen LogP contribution in [0.3, 0.4) is 0 Å². The van der Waals surface area contributed by atoms with Crippen molar-refractivity contribution in [3.63, 3.8) is 0 Å². The quantitative estimate of drug-likeness (QED) is 0.492. The average molecular weight is 161 g/mol. The summed E-state index contributed by atoms with van der Waals surface area (Å²) in [7, 11) is 0.649. The van der Waals surface area contributed by atoms with E-state index in [2.05, 4.69) is 0 Å². The molecule has 1 atom stereocenters. The van der Waals surface area contributed by atoms with Gasteiger partial charge in [0, 0.05) is 0 Å². The molecule has 4 nitrogen and oxygen atoms in total. The molecule has 1 aliphatic rings. The molecule has 1 saturated heterocycles. The minimum absolute atomic E-state index is 0.110. The first kappa shape index (κ1) is 7.55. The first-order valence-corrected chi connectivity index (χ1v) is 4.03. The lowest BCUT2D eigenvalue weighted by molar-refractivity contribution is 0.0776.